The topological polar surface area (TPSA) is 72.2 Å². The molecule has 1 aliphatic carbocycles. The molecule has 2 rings (SSSR count). The van der Waals surface area contributed by atoms with Gasteiger partial charge in [0.05, 0.1) is 0 Å². The average molecular weight is 331 g/mol. The van der Waals surface area contributed by atoms with Gasteiger partial charge in [0.1, 0.15) is 4.90 Å². The van der Waals surface area contributed by atoms with Gasteiger partial charge in [-0.3, -0.25) is 0 Å². The Balaban J connectivity index is 2.04. The van der Waals surface area contributed by atoms with Crippen LogP contribution in [-0.4, -0.2) is 14.5 Å². The zero-order chi connectivity index (χ0) is 15.5. The van der Waals surface area contributed by atoms with Gasteiger partial charge < -0.3 is 5.73 Å². The van der Waals surface area contributed by atoms with Gasteiger partial charge in [0.25, 0.3) is 0 Å². The molecule has 0 aliphatic heterocycles. The lowest BCUT2D eigenvalue weighted by atomic mass is 9.84. The summed E-state index contributed by atoms with van der Waals surface area (Å²) >= 11 is 1.43. The molecule has 21 heavy (non-hydrogen) atoms. The Morgan fingerprint density at radius 2 is 2.00 bits per heavy atom. The SMILES string of the molecule is CCCC1CCC(NS(=O)(=O)c2c(C)csc2CN)CC1. The predicted molar refractivity (Wildman–Crippen MR) is 87.9 cm³/mol. The number of nitrogens with one attached hydrogen (secondary N) is 1. The van der Waals surface area contributed by atoms with E-state index in [0.717, 1.165) is 42.0 Å². The summed E-state index contributed by atoms with van der Waals surface area (Å²) in [7, 11) is -3.44. The molecule has 6 heteroatoms. The van der Waals surface area contributed by atoms with Crippen molar-refractivity contribution in [1.29, 1.82) is 0 Å². The van der Waals surface area contributed by atoms with Crippen LogP contribution in [0.1, 0.15) is 55.9 Å². The first-order valence-electron chi connectivity index (χ1n) is 7.77. The van der Waals surface area contributed by atoms with Crippen molar-refractivity contribution < 1.29 is 8.42 Å². The molecule has 120 valence electrons. The highest BCUT2D eigenvalue weighted by Gasteiger charge is 2.28. The number of thiophene rings is 1. The van der Waals surface area contributed by atoms with E-state index in [4.69, 9.17) is 5.73 Å². The maximum absolute atomic E-state index is 12.6. The van der Waals surface area contributed by atoms with Crippen LogP contribution in [0, 0.1) is 12.8 Å². The van der Waals surface area contributed by atoms with E-state index in [2.05, 4.69) is 11.6 Å². The molecule has 0 amide bonds. The third-order valence-electron chi connectivity index (χ3n) is 4.31. The number of hydrogen-bond donors (Lipinski definition) is 2. The van der Waals surface area contributed by atoms with Crippen molar-refractivity contribution in [3.63, 3.8) is 0 Å². The fraction of sp³-hybridized carbons (Fsp3) is 0.733. The predicted octanol–water partition coefficient (Wildman–Crippen LogP) is 3.15. The monoisotopic (exact) mass is 330 g/mol. The number of sulfonamides is 1. The molecule has 0 bridgehead atoms. The molecule has 1 heterocycles. The van der Waals surface area contributed by atoms with Crippen molar-refractivity contribution in [2.45, 2.75) is 69.9 Å². The molecule has 1 aromatic rings. The van der Waals surface area contributed by atoms with E-state index in [9.17, 15) is 8.42 Å². The molecule has 0 aromatic carbocycles. The van der Waals surface area contributed by atoms with Crippen LogP contribution in [0.25, 0.3) is 0 Å². The standard InChI is InChI=1S/C15H26N2O2S2/c1-3-4-12-5-7-13(8-6-12)17-21(18,19)15-11(2)10-20-14(15)9-16/h10,12-13,17H,3-9,16H2,1-2H3. The molecule has 1 aromatic heterocycles. The molecule has 0 spiro atoms. The van der Waals surface area contributed by atoms with Gasteiger partial charge in [-0.25, -0.2) is 13.1 Å². The van der Waals surface area contributed by atoms with Crippen LogP contribution < -0.4 is 10.5 Å². The number of hydrogen-bond acceptors (Lipinski definition) is 4. The zero-order valence-corrected chi connectivity index (χ0v) is 14.5. The molecule has 0 unspecified atom stereocenters. The third-order valence-corrected chi connectivity index (χ3v) is 7.31. The van der Waals surface area contributed by atoms with Gasteiger partial charge in [0, 0.05) is 17.5 Å². The van der Waals surface area contributed by atoms with Gasteiger partial charge in [-0.1, -0.05) is 19.8 Å². The summed E-state index contributed by atoms with van der Waals surface area (Å²) < 4.78 is 28.1. The van der Waals surface area contributed by atoms with Gasteiger partial charge in [-0.2, -0.15) is 0 Å². The number of aryl methyl sites for hydroxylation is 1. The maximum Gasteiger partial charge on any atom is 0.242 e. The molecule has 0 saturated heterocycles. The molecule has 1 aliphatic rings. The van der Waals surface area contributed by atoms with Crippen molar-refractivity contribution in [2.24, 2.45) is 11.7 Å². The smallest absolute Gasteiger partial charge is 0.242 e. The van der Waals surface area contributed by atoms with E-state index in [1.54, 1.807) is 0 Å². The second-order valence-corrected chi connectivity index (χ2v) is 8.62. The van der Waals surface area contributed by atoms with Crippen molar-refractivity contribution >= 4 is 21.4 Å². The van der Waals surface area contributed by atoms with E-state index in [-0.39, 0.29) is 12.6 Å². The minimum atomic E-state index is -3.44. The molecule has 0 atom stereocenters. The highest BCUT2D eigenvalue weighted by molar-refractivity contribution is 7.89. The van der Waals surface area contributed by atoms with Gasteiger partial charge >= 0.3 is 0 Å². The van der Waals surface area contributed by atoms with E-state index < -0.39 is 10.0 Å². The maximum atomic E-state index is 12.6. The lowest BCUT2D eigenvalue weighted by Gasteiger charge is -2.28. The Morgan fingerprint density at radius 1 is 1.33 bits per heavy atom. The largest absolute Gasteiger partial charge is 0.326 e. The van der Waals surface area contributed by atoms with Crippen molar-refractivity contribution in [3.8, 4) is 0 Å². The highest BCUT2D eigenvalue weighted by Crippen LogP contribution is 2.30. The summed E-state index contributed by atoms with van der Waals surface area (Å²) in [5.41, 5.74) is 6.46. The minimum Gasteiger partial charge on any atom is -0.326 e. The first-order valence-corrected chi connectivity index (χ1v) is 10.1. The summed E-state index contributed by atoms with van der Waals surface area (Å²) in [5, 5.41) is 1.87. The molecular formula is C15H26N2O2S2. The molecule has 0 radical (unpaired) electrons. The summed E-state index contributed by atoms with van der Waals surface area (Å²) in [5.74, 6) is 0.776. The van der Waals surface area contributed by atoms with Crippen molar-refractivity contribution in [1.82, 2.24) is 4.72 Å². The first-order chi connectivity index (χ1) is 9.97. The quantitative estimate of drug-likeness (QED) is 0.841. The van der Waals surface area contributed by atoms with Crippen LogP contribution in [0.5, 0.6) is 0 Å². The number of rotatable bonds is 6. The molecule has 4 nitrogen and oxygen atoms in total. The second-order valence-electron chi connectivity index (χ2n) is 6.00. The van der Waals surface area contributed by atoms with Crippen LogP contribution in [0.15, 0.2) is 10.3 Å². The summed E-state index contributed by atoms with van der Waals surface area (Å²) in [6, 6.07) is 0.0769. The number of nitrogens with two attached hydrogens (primary N) is 1. The van der Waals surface area contributed by atoms with Crippen LogP contribution in [0.4, 0.5) is 0 Å². The van der Waals surface area contributed by atoms with Crippen LogP contribution in [-0.2, 0) is 16.6 Å². The van der Waals surface area contributed by atoms with Crippen molar-refractivity contribution in [3.05, 3.63) is 15.8 Å². The van der Waals surface area contributed by atoms with Crippen LogP contribution in [0.2, 0.25) is 0 Å². The summed E-state index contributed by atoms with van der Waals surface area (Å²) in [6.45, 7) is 4.32. The normalized spacial score (nSPS) is 23.4. The summed E-state index contributed by atoms with van der Waals surface area (Å²) in [6.07, 6.45) is 6.65. The van der Waals surface area contributed by atoms with E-state index in [1.807, 2.05) is 12.3 Å². The third kappa shape index (κ3) is 4.06. The summed E-state index contributed by atoms with van der Waals surface area (Å²) in [4.78, 5) is 1.16. The van der Waals surface area contributed by atoms with E-state index >= 15 is 0 Å². The second kappa shape index (κ2) is 7.22. The Kier molecular flexibility index (Phi) is 5.82. The minimum absolute atomic E-state index is 0.0769. The lowest BCUT2D eigenvalue weighted by Crippen LogP contribution is -2.38. The van der Waals surface area contributed by atoms with Crippen LogP contribution >= 0.6 is 11.3 Å². The zero-order valence-electron chi connectivity index (χ0n) is 12.9. The fourth-order valence-corrected chi connectivity index (χ4v) is 6.25. The van der Waals surface area contributed by atoms with Crippen LogP contribution in [0.3, 0.4) is 0 Å². The molecule has 1 saturated carbocycles. The Morgan fingerprint density at radius 3 is 2.57 bits per heavy atom. The fourth-order valence-electron chi connectivity index (χ4n) is 3.24. The van der Waals surface area contributed by atoms with Gasteiger partial charge in [0.15, 0.2) is 0 Å². The van der Waals surface area contributed by atoms with Gasteiger partial charge in [0.2, 0.25) is 10.0 Å². The van der Waals surface area contributed by atoms with Gasteiger partial charge in [-0.15, -0.1) is 11.3 Å². The van der Waals surface area contributed by atoms with E-state index in [0.29, 0.717) is 4.90 Å². The highest BCUT2D eigenvalue weighted by atomic mass is 32.2. The van der Waals surface area contributed by atoms with Gasteiger partial charge in [-0.05, 0) is 49.5 Å². The first kappa shape index (κ1) is 16.9. The Labute approximate surface area is 132 Å². The molecular weight excluding hydrogens is 304 g/mol. The van der Waals surface area contributed by atoms with E-state index in [1.165, 1.54) is 24.2 Å². The molecule has 1 fully saturated rings. The lowest BCUT2D eigenvalue weighted by molar-refractivity contribution is 0.297. The Bertz CT molecular complexity index is 558. The van der Waals surface area contributed by atoms with Crippen molar-refractivity contribution in [2.75, 3.05) is 0 Å². The average Bonchev–Trinajstić information content (AvgIpc) is 2.83. The Hall–Kier alpha value is -0.430. The molecule has 3 N–H and O–H groups in total.